The van der Waals surface area contributed by atoms with Gasteiger partial charge in [0.2, 0.25) is 0 Å². The second kappa shape index (κ2) is 7.14. The fourth-order valence-corrected chi connectivity index (χ4v) is 1.30. The first-order valence-electron chi connectivity index (χ1n) is 4.92. The Labute approximate surface area is 103 Å². The first-order valence-corrected chi connectivity index (χ1v) is 6.13. The zero-order chi connectivity index (χ0) is 11.8. The van der Waals surface area contributed by atoms with E-state index in [9.17, 15) is 4.79 Å². The molecule has 0 bridgehead atoms. The molecule has 5 heteroatoms. The molecule has 1 aromatic carbocycles. The molecule has 0 spiro atoms. The molecule has 4 nitrogen and oxygen atoms in total. The molecule has 1 amide bonds. The van der Waals surface area contributed by atoms with Crippen molar-refractivity contribution in [3.8, 4) is 5.75 Å². The van der Waals surface area contributed by atoms with Gasteiger partial charge in [-0.05, 0) is 0 Å². The van der Waals surface area contributed by atoms with Crippen molar-refractivity contribution in [3.05, 3.63) is 24.3 Å². The second-order valence-corrected chi connectivity index (χ2v) is 3.90. The van der Waals surface area contributed by atoms with Gasteiger partial charge in [-0.2, -0.15) is 0 Å². The quantitative estimate of drug-likeness (QED) is 0.667. The predicted octanol–water partition coefficient (Wildman–Crippen LogP) is 2.22. The fourth-order valence-electron chi connectivity index (χ4n) is 1.05. The summed E-state index contributed by atoms with van der Waals surface area (Å²) in [6.45, 7) is 0.426. The Morgan fingerprint density at radius 1 is 1.38 bits per heavy atom. The van der Waals surface area contributed by atoms with Gasteiger partial charge in [-0.1, -0.05) is 0 Å². The first kappa shape index (κ1) is 12.9. The molecule has 0 unspecified atom stereocenters. The van der Waals surface area contributed by atoms with E-state index >= 15 is 0 Å². The summed E-state index contributed by atoms with van der Waals surface area (Å²) in [6.07, 6.45) is 0.398. The summed E-state index contributed by atoms with van der Waals surface area (Å²) in [7, 11) is 1.60. The summed E-state index contributed by atoms with van der Waals surface area (Å²) in [5, 5.41) is 3.51. The number of rotatable bonds is 5. The number of amides is 1. The maximum absolute atomic E-state index is 11.3. The van der Waals surface area contributed by atoms with Crippen molar-refractivity contribution in [2.75, 3.05) is 19.0 Å². The van der Waals surface area contributed by atoms with Gasteiger partial charge in [0.05, 0.1) is 0 Å². The second-order valence-electron chi connectivity index (χ2n) is 3.05. The van der Waals surface area contributed by atoms with E-state index in [4.69, 9.17) is 9.47 Å². The van der Waals surface area contributed by atoms with E-state index < -0.39 is 6.09 Å². The van der Waals surface area contributed by atoms with Crippen LogP contribution in [0.5, 0.6) is 5.75 Å². The fraction of sp³-hybridized carbons (Fsp3) is 0.364. The Kier molecular flexibility index (Phi) is 5.75. The Morgan fingerprint density at radius 2 is 2.06 bits per heavy atom. The van der Waals surface area contributed by atoms with E-state index in [1.54, 1.807) is 31.4 Å². The molecular weight excluding hydrogens is 273 g/mol. The third-order valence-electron chi connectivity index (χ3n) is 1.86. The van der Waals surface area contributed by atoms with Crippen LogP contribution in [0.25, 0.3) is 0 Å². The van der Waals surface area contributed by atoms with Gasteiger partial charge >= 0.3 is 103 Å². The molecule has 0 saturated heterocycles. The summed E-state index contributed by atoms with van der Waals surface area (Å²) < 4.78 is 9.95. The van der Waals surface area contributed by atoms with E-state index in [0.717, 1.165) is 17.5 Å². The monoisotopic (exact) mass is 288 g/mol. The zero-order valence-corrected chi connectivity index (χ0v) is 10.8. The molecule has 1 N–H and O–H groups in total. The maximum atomic E-state index is 11.3. The van der Waals surface area contributed by atoms with Crippen LogP contribution in [0.4, 0.5) is 10.5 Å². The van der Waals surface area contributed by atoms with Crippen LogP contribution < -0.4 is 10.1 Å². The first-order chi connectivity index (χ1) is 7.76. The van der Waals surface area contributed by atoms with Crippen molar-refractivity contribution in [2.45, 2.75) is 11.7 Å². The van der Waals surface area contributed by atoms with E-state index in [-0.39, 0.29) is 0 Å². The van der Waals surface area contributed by atoms with Gasteiger partial charge < -0.3 is 0 Å². The van der Waals surface area contributed by atoms with Gasteiger partial charge in [0, 0.05) is 0 Å². The molecule has 0 aliphatic carbocycles. The number of methoxy groups -OCH3 is 1. The van der Waals surface area contributed by atoms with Crippen LogP contribution in [0.15, 0.2) is 24.3 Å². The number of carbonyl (C=O) groups is 1. The molecule has 0 aliphatic rings. The molecular formula is C11H14NO3Se. The molecule has 0 heterocycles. The van der Waals surface area contributed by atoms with Crippen LogP contribution in [0.3, 0.4) is 0 Å². The van der Waals surface area contributed by atoms with Gasteiger partial charge in [0.25, 0.3) is 0 Å². The SMILES string of the molecule is COc1ccc(NC(=O)OCCC[Se])cc1. The Bertz CT molecular complexity index is 327. The molecule has 16 heavy (non-hydrogen) atoms. The third kappa shape index (κ3) is 4.55. The van der Waals surface area contributed by atoms with Crippen LogP contribution in [0.2, 0.25) is 5.32 Å². The number of benzene rings is 1. The molecule has 87 valence electrons. The molecule has 0 aromatic heterocycles. The molecule has 0 fully saturated rings. The minimum absolute atomic E-state index is 0.426. The molecule has 1 aromatic rings. The van der Waals surface area contributed by atoms with Crippen LogP contribution in [-0.4, -0.2) is 35.8 Å². The van der Waals surface area contributed by atoms with Crippen LogP contribution in [0, 0.1) is 0 Å². The average molecular weight is 287 g/mol. The van der Waals surface area contributed by atoms with Crippen LogP contribution >= 0.6 is 0 Å². The number of nitrogens with one attached hydrogen (secondary N) is 1. The number of carbonyl (C=O) groups excluding carboxylic acids is 1. The van der Waals surface area contributed by atoms with Crippen molar-refractivity contribution in [3.63, 3.8) is 0 Å². The van der Waals surface area contributed by atoms with Gasteiger partial charge in [-0.3, -0.25) is 0 Å². The summed E-state index contributed by atoms with van der Waals surface area (Å²) in [6, 6.07) is 7.06. The van der Waals surface area contributed by atoms with Crippen LogP contribution in [-0.2, 0) is 4.74 Å². The molecule has 0 atom stereocenters. The standard InChI is InChI=1S/C11H14NO3Se/c1-14-10-5-3-9(4-6-10)12-11(13)15-7-2-8-16/h3-6H,2,7-8H2,1H3,(H,12,13). The average Bonchev–Trinajstić information content (AvgIpc) is 2.30. The normalized spacial score (nSPS) is 9.62. The van der Waals surface area contributed by atoms with E-state index in [1.165, 1.54) is 0 Å². The minimum atomic E-state index is -0.432. The van der Waals surface area contributed by atoms with Crippen molar-refractivity contribution < 1.29 is 14.3 Å². The van der Waals surface area contributed by atoms with E-state index in [1.807, 2.05) is 0 Å². The van der Waals surface area contributed by atoms with Crippen molar-refractivity contribution in [1.82, 2.24) is 0 Å². The zero-order valence-electron chi connectivity index (χ0n) is 9.06. The summed E-state index contributed by atoms with van der Waals surface area (Å²) in [5.74, 6) is 0.750. The van der Waals surface area contributed by atoms with Gasteiger partial charge in [0.1, 0.15) is 0 Å². The van der Waals surface area contributed by atoms with E-state index in [2.05, 4.69) is 21.3 Å². The number of hydrogen-bond donors (Lipinski definition) is 1. The van der Waals surface area contributed by atoms with Gasteiger partial charge in [-0.25, -0.2) is 0 Å². The Morgan fingerprint density at radius 3 is 2.62 bits per heavy atom. The Hall–Kier alpha value is -1.19. The third-order valence-corrected chi connectivity index (χ3v) is 2.46. The topological polar surface area (TPSA) is 47.6 Å². The van der Waals surface area contributed by atoms with E-state index in [0.29, 0.717) is 12.3 Å². The number of ether oxygens (including phenoxy) is 2. The molecule has 0 saturated carbocycles. The Balaban J connectivity index is 2.37. The van der Waals surface area contributed by atoms with Crippen LogP contribution in [0.1, 0.15) is 6.42 Å². The molecule has 0 aliphatic heterocycles. The molecule has 1 radical (unpaired) electrons. The summed E-state index contributed by atoms with van der Waals surface area (Å²) in [4.78, 5) is 11.3. The van der Waals surface area contributed by atoms with Gasteiger partial charge in [0.15, 0.2) is 0 Å². The van der Waals surface area contributed by atoms with Crippen molar-refractivity contribution in [2.24, 2.45) is 0 Å². The number of anilines is 1. The van der Waals surface area contributed by atoms with Gasteiger partial charge in [-0.15, -0.1) is 0 Å². The predicted molar refractivity (Wildman–Crippen MR) is 63.1 cm³/mol. The number of hydrogen-bond acceptors (Lipinski definition) is 3. The van der Waals surface area contributed by atoms with Crippen molar-refractivity contribution in [1.29, 1.82) is 0 Å². The summed E-state index contributed by atoms with van der Waals surface area (Å²) in [5.41, 5.74) is 0.689. The summed E-state index contributed by atoms with van der Waals surface area (Å²) >= 11 is 2.85. The van der Waals surface area contributed by atoms with Crippen molar-refractivity contribution >= 4 is 27.8 Å². The molecule has 1 rings (SSSR count).